The Morgan fingerprint density at radius 1 is 1.50 bits per heavy atom. The molecule has 0 saturated heterocycles. The topological polar surface area (TPSA) is 22.1 Å². The predicted octanol–water partition coefficient (Wildman–Crippen LogP) is 3.12. The Labute approximate surface area is 94.3 Å². The van der Waals surface area contributed by atoms with Crippen LogP contribution in [0.2, 0.25) is 0 Å². The van der Waals surface area contributed by atoms with Gasteiger partial charge in [-0.2, -0.15) is 8.78 Å². The summed E-state index contributed by atoms with van der Waals surface area (Å²) in [7, 11) is 0. The molecule has 0 unspecified atom stereocenters. The Balaban J connectivity index is 2.35. The van der Waals surface area contributed by atoms with E-state index in [9.17, 15) is 17.6 Å². The van der Waals surface area contributed by atoms with Crippen molar-refractivity contribution in [3.8, 4) is 0 Å². The number of hydrogen-bond donors (Lipinski definition) is 0. The lowest BCUT2D eigenvalue weighted by Crippen LogP contribution is -2.32. The molecule has 0 atom stereocenters. The van der Waals surface area contributed by atoms with E-state index >= 15 is 0 Å². The van der Waals surface area contributed by atoms with Crippen LogP contribution in [0.15, 0.2) is 5.38 Å². The van der Waals surface area contributed by atoms with Gasteiger partial charge in [0, 0.05) is 5.38 Å². The van der Waals surface area contributed by atoms with Crippen molar-refractivity contribution in [1.29, 1.82) is 0 Å². The second kappa shape index (κ2) is 5.58. The lowest BCUT2D eigenvalue weighted by Gasteiger charge is -2.14. The number of hydrogen-bond acceptors (Lipinski definition) is 3. The van der Waals surface area contributed by atoms with Gasteiger partial charge in [-0.25, -0.2) is 13.8 Å². The largest absolute Gasteiger partial charge is 0.368 e. The fourth-order valence-electron chi connectivity index (χ4n) is 0.915. The molecule has 0 aromatic carbocycles. The molecular formula is C9H11F4NOS. The number of thiazole rings is 1. The average molecular weight is 257 g/mol. The van der Waals surface area contributed by atoms with Crippen molar-refractivity contribution in [2.24, 2.45) is 0 Å². The van der Waals surface area contributed by atoms with Gasteiger partial charge in [0.05, 0.1) is 12.3 Å². The van der Waals surface area contributed by atoms with Crippen LogP contribution < -0.4 is 0 Å². The summed E-state index contributed by atoms with van der Waals surface area (Å²) >= 11 is 1.26. The summed E-state index contributed by atoms with van der Waals surface area (Å²) in [6.45, 7) is 0.462. The van der Waals surface area contributed by atoms with E-state index in [-0.39, 0.29) is 6.61 Å². The minimum atomic E-state index is -4.09. The molecule has 0 amide bonds. The molecule has 7 heteroatoms. The number of halogens is 4. The smallest absolute Gasteiger partial charge is 0.330 e. The highest BCUT2D eigenvalue weighted by atomic mass is 32.1. The second-order valence-electron chi connectivity index (χ2n) is 3.14. The summed E-state index contributed by atoms with van der Waals surface area (Å²) in [4.78, 5) is 4.05. The van der Waals surface area contributed by atoms with Gasteiger partial charge in [0.15, 0.2) is 0 Å². The molecule has 0 aliphatic rings. The predicted molar refractivity (Wildman–Crippen MR) is 52.1 cm³/mol. The van der Waals surface area contributed by atoms with Crippen LogP contribution in [0.25, 0.3) is 0 Å². The van der Waals surface area contributed by atoms with E-state index in [1.807, 2.05) is 6.92 Å². The first-order valence-electron chi connectivity index (χ1n) is 4.62. The van der Waals surface area contributed by atoms with Crippen LogP contribution in [0.5, 0.6) is 0 Å². The van der Waals surface area contributed by atoms with Crippen molar-refractivity contribution >= 4 is 11.3 Å². The van der Waals surface area contributed by atoms with Crippen molar-refractivity contribution in [3.63, 3.8) is 0 Å². The quantitative estimate of drug-likeness (QED) is 0.730. The number of nitrogens with zero attached hydrogens (tertiary/aromatic N) is 1. The SMILES string of the molecule is CCc1csc(COCC(F)(F)C(F)F)n1. The van der Waals surface area contributed by atoms with E-state index in [4.69, 9.17) is 0 Å². The van der Waals surface area contributed by atoms with E-state index in [1.54, 1.807) is 5.38 Å². The fraction of sp³-hybridized carbons (Fsp3) is 0.667. The van der Waals surface area contributed by atoms with Gasteiger partial charge in [-0.05, 0) is 6.42 Å². The zero-order chi connectivity index (χ0) is 12.2. The molecular weight excluding hydrogens is 246 g/mol. The summed E-state index contributed by atoms with van der Waals surface area (Å²) in [6.07, 6.45) is -2.96. The van der Waals surface area contributed by atoms with Gasteiger partial charge in [-0.15, -0.1) is 11.3 Å². The minimum Gasteiger partial charge on any atom is -0.368 e. The van der Waals surface area contributed by atoms with E-state index in [1.165, 1.54) is 11.3 Å². The van der Waals surface area contributed by atoms with Gasteiger partial charge in [-0.1, -0.05) is 6.92 Å². The van der Waals surface area contributed by atoms with Crippen LogP contribution in [-0.4, -0.2) is 23.9 Å². The Bertz CT molecular complexity index is 329. The van der Waals surface area contributed by atoms with E-state index < -0.39 is 19.0 Å². The van der Waals surface area contributed by atoms with E-state index in [2.05, 4.69) is 9.72 Å². The fourth-order valence-corrected chi connectivity index (χ4v) is 1.73. The molecule has 1 rings (SSSR count). The maximum atomic E-state index is 12.4. The summed E-state index contributed by atoms with van der Waals surface area (Å²) < 4.78 is 52.9. The minimum absolute atomic E-state index is 0.160. The molecule has 16 heavy (non-hydrogen) atoms. The average Bonchev–Trinajstić information content (AvgIpc) is 2.65. The third kappa shape index (κ3) is 3.71. The van der Waals surface area contributed by atoms with Crippen molar-refractivity contribution in [3.05, 3.63) is 16.1 Å². The molecule has 0 aliphatic heterocycles. The lowest BCUT2D eigenvalue weighted by atomic mass is 10.4. The number of aromatic nitrogens is 1. The van der Waals surface area contributed by atoms with Crippen molar-refractivity contribution in [1.82, 2.24) is 4.98 Å². The van der Waals surface area contributed by atoms with Gasteiger partial charge in [0.1, 0.15) is 11.6 Å². The van der Waals surface area contributed by atoms with Gasteiger partial charge in [0.2, 0.25) is 0 Å². The molecule has 0 aliphatic carbocycles. The number of aryl methyl sites for hydroxylation is 1. The standard InChI is InChI=1S/C9H11F4NOS/c1-2-6-4-16-7(14-6)3-15-5-9(12,13)8(10)11/h4,8H,2-3,5H2,1H3. The summed E-state index contributed by atoms with van der Waals surface area (Å²) in [6, 6.07) is 0. The number of alkyl halides is 4. The zero-order valence-electron chi connectivity index (χ0n) is 8.55. The molecule has 0 bridgehead atoms. The van der Waals surface area contributed by atoms with Crippen LogP contribution >= 0.6 is 11.3 Å². The maximum Gasteiger partial charge on any atom is 0.330 e. The normalized spacial score (nSPS) is 12.4. The van der Waals surface area contributed by atoms with Crippen LogP contribution in [-0.2, 0) is 17.8 Å². The Morgan fingerprint density at radius 3 is 2.69 bits per heavy atom. The summed E-state index contributed by atoms with van der Waals surface area (Å²) in [5.74, 6) is -4.09. The van der Waals surface area contributed by atoms with Crippen LogP contribution in [0.4, 0.5) is 17.6 Å². The highest BCUT2D eigenvalue weighted by Crippen LogP contribution is 2.23. The summed E-state index contributed by atoms with van der Waals surface area (Å²) in [5.41, 5.74) is 0.837. The van der Waals surface area contributed by atoms with Gasteiger partial charge < -0.3 is 4.74 Å². The van der Waals surface area contributed by atoms with Gasteiger partial charge >= 0.3 is 12.3 Å². The summed E-state index contributed by atoms with van der Waals surface area (Å²) in [5, 5.41) is 2.30. The molecule has 0 radical (unpaired) electrons. The first kappa shape index (κ1) is 13.4. The highest BCUT2D eigenvalue weighted by Gasteiger charge is 2.40. The van der Waals surface area contributed by atoms with Crippen LogP contribution in [0.1, 0.15) is 17.6 Å². The zero-order valence-corrected chi connectivity index (χ0v) is 9.37. The molecule has 0 saturated carbocycles. The first-order valence-corrected chi connectivity index (χ1v) is 5.50. The molecule has 0 N–H and O–H groups in total. The third-order valence-corrected chi connectivity index (χ3v) is 2.67. The molecule has 2 nitrogen and oxygen atoms in total. The number of ether oxygens (including phenoxy) is 1. The Kier molecular flexibility index (Phi) is 4.67. The molecule has 1 heterocycles. The van der Waals surface area contributed by atoms with Crippen molar-refractivity contribution in [2.75, 3.05) is 6.61 Å². The van der Waals surface area contributed by atoms with Crippen LogP contribution in [0.3, 0.4) is 0 Å². The highest BCUT2D eigenvalue weighted by molar-refractivity contribution is 7.09. The van der Waals surface area contributed by atoms with Gasteiger partial charge in [-0.3, -0.25) is 0 Å². The monoisotopic (exact) mass is 257 g/mol. The Hall–Kier alpha value is -0.690. The molecule has 1 aromatic rings. The first-order chi connectivity index (χ1) is 7.45. The molecule has 92 valence electrons. The molecule has 0 spiro atoms. The second-order valence-corrected chi connectivity index (χ2v) is 4.08. The third-order valence-electron chi connectivity index (χ3n) is 1.80. The number of rotatable bonds is 6. The van der Waals surface area contributed by atoms with E-state index in [0.29, 0.717) is 5.01 Å². The van der Waals surface area contributed by atoms with Crippen molar-refractivity contribution < 1.29 is 22.3 Å². The maximum absolute atomic E-state index is 12.4. The van der Waals surface area contributed by atoms with E-state index in [0.717, 1.165) is 12.1 Å². The lowest BCUT2D eigenvalue weighted by molar-refractivity contribution is -0.168. The van der Waals surface area contributed by atoms with Crippen molar-refractivity contribution in [2.45, 2.75) is 32.3 Å². The van der Waals surface area contributed by atoms with Gasteiger partial charge in [0.25, 0.3) is 0 Å². The Morgan fingerprint density at radius 2 is 2.19 bits per heavy atom. The molecule has 0 fully saturated rings. The van der Waals surface area contributed by atoms with Crippen LogP contribution in [0, 0.1) is 0 Å². The molecule has 1 aromatic heterocycles.